The van der Waals surface area contributed by atoms with Gasteiger partial charge >= 0.3 is 6.09 Å². The number of benzene rings is 1. The molecule has 1 heterocycles. The van der Waals surface area contributed by atoms with E-state index in [0.29, 0.717) is 18.1 Å². The van der Waals surface area contributed by atoms with E-state index in [-0.39, 0.29) is 13.0 Å². The Morgan fingerprint density at radius 1 is 1.25 bits per heavy atom. The Morgan fingerprint density at radius 3 is 2.70 bits per heavy atom. The molecule has 0 N–H and O–H groups in total. The van der Waals surface area contributed by atoms with Crippen molar-refractivity contribution < 1.29 is 13.9 Å². The van der Waals surface area contributed by atoms with Crippen molar-refractivity contribution in [1.82, 2.24) is 4.90 Å². The van der Waals surface area contributed by atoms with Crippen molar-refractivity contribution in [2.24, 2.45) is 0 Å². The topological polar surface area (TPSA) is 66.5 Å². The molecule has 0 fully saturated rings. The van der Waals surface area contributed by atoms with Crippen LogP contribution in [0.4, 0.5) is 4.79 Å². The number of nitriles is 1. The number of para-hydroxylation sites is 1. The normalized spacial score (nSPS) is 9.75. The van der Waals surface area contributed by atoms with Gasteiger partial charge in [0, 0.05) is 6.54 Å². The Bertz CT molecular complexity index is 573. The fourth-order valence-corrected chi connectivity index (χ4v) is 1.66. The first-order chi connectivity index (χ1) is 9.79. The van der Waals surface area contributed by atoms with Gasteiger partial charge in [0.25, 0.3) is 0 Å². The predicted molar refractivity (Wildman–Crippen MR) is 71.8 cm³/mol. The highest BCUT2D eigenvalue weighted by Gasteiger charge is 2.17. The zero-order valence-electron chi connectivity index (χ0n) is 10.9. The second-order valence-electron chi connectivity index (χ2n) is 4.09. The van der Waals surface area contributed by atoms with Crippen molar-refractivity contribution in [3.63, 3.8) is 0 Å². The maximum Gasteiger partial charge on any atom is 0.415 e. The fraction of sp³-hybridized carbons (Fsp3) is 0.200. The van der Waals surface area contributed by atoms with Gasteiger partial charge < -0.3 is 9.15 Å². The van der Waals surface area contributed by atoms with E-state index in [2.05, 4.69) is 0 Å². The maximum absolute atomic E-state index is 12.1. The second kappa shape index (κ2) is 7.00. The molecule has 0 saturated carbocycles. The van der Waals surface area contributed by atoms with Gasteiger partial charge in [0.2, 0.25) is 0 Å². The third-order valence-electron chi connectivity index (χ3n) is 2.63. The molecule has 1 aromatic heterocycles. The fourth-order valence-electron chi connectivity index (χ4n) is 1.66. The average Bonchev–Trinajstić information content (AvgIpc) is 2.97. The van der Waals surface area contributed by atoms with Crippen molar-refractivity contribution in [3.05, 3.63) is 54.5 Å². The number of carbonyl (C=O) groups is 1. The Kier molecular flexibility index (Phi) is 4.79. The summed E-state index contributed by atoms with van der Waals surface area (Å²) in [6, 6.07) is 14.4. The lowest BCUT2D eigenvalue weighted by molar-refractivity contribution is 0.146. The smallest absolute Gasteiger partial charge is 0.415 e. The second-order valence-corrected chi connectivity index (χ2v) is 4.09. The summed E-state index contributed by atoms with van der Waals surface area (Å²) in [5.74, 6) is 1.12. The van der Waals surface area contributed by atoms with Crippen LogP contribution in [0.25, 0.3) is 0 Å². The summed E-state index contributed by atoms with van der Waals surface area (Å²) in [6.45, 7) is 0.573. The van der Waals surface area contributed by atoms with Crippen LogP contribution in [0.5, 0.6) is 5.75 Å². The van der Waals surface area contributed by atoms with Crippen LogP contribution >= 0.6 is 0 Å². The Hall–Kier alpha value is -2.74. The quantitative estimate of drug-likeness (QED) is 0.836. The molecule has 2 aromatic rings. The van der Waals surface area contributed by atoms with E-state index in [9.17, 15) is 4.79 Å². The molecule has 102 valence electrons. The lowest BCUT2D eigenvalue weighted by Crippen LogP contribution is -2.33. The number of hydrogen-bond acceptors (Lipinski definition) is 4. The van der Waals surface area contributed by atoms with Gasteiger partial charge in [-0.15, -0.1) is 0 Å². The van der Waals surface area contributed by atoms with Gasteiger partial charge in [-0.05, 0) is 24.3 Å². The van der Waals surface area contributed by atoms with Gasteiger partial charge in [0.1, 0.15) is 11.5 Å². The number of nitrogens with zero attached hydrogens (tertiary/aromatic N) is 2. The number of carbonyl (C=O) groups excluding carboxylic acids is 1. The SMILES string of the molecule is N#CCCN(Cc1ccco1)C(=O)Oc1ccccc1. The molecule has 20 heavy (non-hydrogen) atoms. The molecule has 2 rings (SSSR count). The molecule has 0 radical (unpaired) electrons. The molecular weight excluding hydrogens is 256 g/mol. The third-order valence-corrected chi connectivity index (χ3v) is 2.63. The van der Waals surface area contributed by atoms with Gasteiger partial charge in [-0.1, -0.05) is 18.2 Å². The largest absolute Gasteiger partial charge is 0.467 e. The number of hydrogen-bond donors (Lipinski definition) is 0. The van der Waals surface area contributed by atoms with Crippen LogP contribution in [0.15, 0.2) is 53.1 Å². The highest BCUT2D eigenvalue weighted by atomic mass is 16.6. The summed E-state index contributed by atoms with van der Waals surface area (Å²) in [5, 5.41) is 8.66. The van der Waals surface area contributed by atoms with Crippen molar-refractivity contribution >= 4 is 6.09 Å². The highest BCUT2D eigenvalue weighted by Crippen LogP contribution is 2.12. The Balaban J connectivity index is 2.02. The monoisotopic (exact) mass is 270 g/mol. The van der Waals surface area contributed by atoms with Gasteiger partial charge in [0.15, 0.2) is 0 Å². The first-order valence-corrected chi connectivity index (χ1v) is 6.21. The van der Waals surface area contributed by atoms with Crippen LogP contribution in [0.3, 0.4) is 0 Å². The number of amides is 1. The molecule has 0 saturated heterocycles. The molecule has 1 amide bonds. The third kappa shape index (κ3) is 3.89. The van der Waals surface area contributed by atoms with Gasteiger partial charge in [-0.25, -0.2) is 4.79 Å². The molecule has 0 bridgehead atoms. The van der Waals surface area contributed by atoms with E-state index < -0.39 is 6.09 Å². The van der Waals surface area contributed by atoms with Crippen molar-refractivity contribution in [1.29, 1.82) is 5.26 Å². The molecule has 0 spiro atoms. The average molecular weight is 270 g/mol. The standard InChI is InChI=1S/C15H14N2O3/c16-9-5-10-17(12-14-8-4-11-19-14)15(18)20-13-6-2-1-3-7-13/h1-4,6-8,11H,5,10,12H2. The van der Waals surface area contributed by atoms with Crippen LogP contribution in [0.1, 0.15) is 12.2 Å². The van der Waals surface area contributed by atoms with Crippen LogP contribution < -0.4 is 4.74 Å². The van der Waals surface area contributed by atoms with E-state index in [0.717, 1.165) is 0 Å². The summed E-state index contributed by atoms with van der Waals surface area (Å²) < 4.78 is 10.5. The van der Waals surface area contributed by atoms with Gasteiger partial charge in [-0.2, -0.15) is 5.26 Å². The minimum atomic E-state index is -0.497. The van der Waals surface area contributed by atoms with Crippen molar-refractivity contribution in [3.8, 4) is 11.8 Å². The molecule has 0 aliphatic carbocycles. The minimum Gasteiger partial charge on any atom is -0.467 e. The van der Waals surface area contributed by atoms with E-state index in [1.165, 1.54) is 4.90 Å². The highest BCUT2D eigenvalue weighted by molar-refractivity contribution is 5.70. The molecular formula is C15H14N2O3. The minimum absolute atomic E-state index is 0.241. The first-order valence-electron chi connectivity index (χ1n) is 6.21. The summed E-state index contributed by atoms with van der Waals surface area (Å²) in [5.41, 5.74) is 0. The van der Waals surface area contributed by atoms with E-state index in [4.69, 9.17) is 14.4 Å². The maximum atomic E-state index is 12.1. The summed E-state index contributed by atoms with van der Waals surface area (Å²) >= 11 is 0. The van der Waals surface area contributed by atoms with E-state index in [1.54, 1.807) is 42.7 Å². The summed E-state index contributed by atoms with van der Waals surface area (Å²) in [4.78, 5) is 13.5. The van der Waals surface area contributed by atoms with Crippen LogP contribution in [-0.4, -0.2) is 17.5 Å². The zero-order valence-corrected chi connectivity index (χ0v) is 10.9. The van der Waals surface area contributed by atoms with Crippen molar-refractivity contribution in [2.75, 3.05) is 6.54 Å². The molecule has 1 aromatic carbocycles. The van der Waals surface area contributed by atoms with Crippen LogP contribution in [0, 0.1) is 11.3 Å². The molecule has 0 atom stereocenters. The van der Waals surface area contributed by atoms with Gasteiger partial charge in [0.05, 0.1) is 25.3 Å². The summed E-state index contributed by atoms with van der Waals surface area (Å²) in [7, 11) is 0. The molecule has 0 aliphatic heterocycles. The number of rotatable bonds is 5. The van der Waals surface area contributed by atoms with E-state index in [1.807, 2.05) is 12.1 Å². The van der Waals surface area contributed by atoms with E-state index >= 15 is 0 Å². The number of ether oxygens (including phenoxy) is 1. The lowest BCUT2D eigenvalue weighted by atomic mass is 10.3. The summed E-state index contributed by atoms with van der Waals surface area (Å²) in [6.07, 6.45) is 1.29. The predicted octanol–water partition coefficient (Wildman–Crippen LogP) is 3.19. The molecule has 5 nitrogen and oxygen atoms in total. The lowest BCUT2D eigenvalue weighted by Gasteiger charge is -2.19. The molecule has 5 heteroatoms. The molecule has 0 aliphatic rings. The van der Waals surface area contributed by atoms with Crippen LogP contribution in [-0.2, 0) is 6.54 Å². The first kappa shape index (κ1) is 13.7. The zero-order chi connectivity index (χ0) is 14.2. The van der Waals surface area contributed by atoms with Gasteiger partial charge in [-0.3, -0.25) is 4.90 Å². The van der Waals surface area contributed by atoms with Crippen molar-refractivity contribution in [2.45, 2.75) is 13.0 Å². The Labute approximate surface area is 117 Å². The van der Waals surface area contributed by atoms with Crippen LogP contribution in [0.2, 0.25) is 0 Å². The Morgan fingerprint density at radius 2 is 2.05 bits per heavy atom. The molecule has 0 unspecified atom stereocenters. The number of furan rings is 1.